The maximum atomic E-state index is 12.5. The summed E-state index contributed by atoms with van der Waals surface area (Å²) in [7, 11) is 0. The van der Waals surface area contributed by atoms with Crippen LogP contribution >= 0.6 is 0 Å². The Labute approximate surface area is 198 Å². The van der Waals surface area contributed by atoms with E-state index in [1.165, 1.54) is 5.56 Å². The standard InChI is InChI=1S/C27H38N2O4/c1-7-20(3)22-11-13-23(14-12-22)33-18-25(30)28-29-26(31)27(5,6)15-8-16-32-24-17-19(2)9-10-21(24)4/h9-14,17,20H,7-8,15-16,18H2,1-6H3,(H,28,30)(H,29,31). The van der Waals surface area contributed by atoms with Crippen molar-refractivity contribution in [2.24, 2.45) is 5.41 Å². The van der Waals surface area contributed by atoms with Crippen LogP contribution in [0.4, 0.5) is 0 Å². The van der Waals surface area contributed by atoms with Crippen LogP contribution in [0.3, 0.4) is 0 Å². The van der Waals surface area contributed by atoms with Gasteiger partial charge in [0.05, 0.1) is 6.61 Å². The Hall–Kier alpha value is -3.02. The molecule has 2 aromatic rings. The van der Waals surface area contributed by atoms with Gasteiger partial charge in [-0.15, -0.1) is 0 Å². The average Bonchev–Trinajstić information content (AvgIpc) is 2.80. The van der Waals surface area contributed by atoms with Crippen molar-refractivity contribution in [2.45, 2.75) is 66.7 Å². The Morgan fingerprint density at radius 3 is 2.36 bits per heavy atom. The zero-order valence-electron chi connectivity index (χ0n) is 20.8. The van der Waals surface area contributed by atoms with Crippen molar-refractivity contribution in [3.05, 3.63) is 59.2 Å². The van der Waals surface area contributed by atoms with Crippen LogP contribution in [0.25, 0.3) is 0 Å². The van der Waals surface area contributed by atoms with Crippen molar-refractivity contribution in [2.75, 3.05) is 13.2 Å². The zero-order valence-corrected chi connectivity index (χ0v) is 20.8. The molecule has 0 spiro atoms. The summed E-state index contributed by atoms with van der Waals surface area (Å²) in [5.74, 6) is 1.31. The first-order valence-electron chi connectivity index (χ1n) is 11.6. The molecule has 0 aliphatic rings. The van der Waals surface area contributed by atoms with E-state index in [2.05, 4.69) is 30.8 Å². The number of nitrogens with one attached hydrogen (secondary N) is 2. The van der Waals surface area contributed by atoms with Crippen molar-refractivity contribution in [1.82, 2.24) is 10.9 Å². The maximum Gasteiger partial charge on any atom is 0.276 e. The molecule has 2 N–H and O–H groups in total. The lowest BCUT2D eigenvalue weighted by molar-refractivity contribution is -0.135. The molecule has 33 heavy (non-hydrogen) atoms. The van der Waals surface area contributed by atoms with Crippen molar-refractivity contribution in [3.8, 4) is 11.5 Å². The number of ether oxygens (including phenoxy) is 2. The molecule has 0 aromatic heterocycles. The summed E-state index contributed by atoms with van der Waals surface area (Å²) in [6, 6.07) is 13.8. The fraction of sp³-hybridized carbons (Fsp3) is 0.481. The zero-order chi connectivity index (χ0) is 24.4. The summed E-state index contributed by atoms with van der Waals surface area (Å²) in [5.41, 5.74) is 7.77. The molecule has 0 radical (unpaired) electrons. The van der Waals surface area contributed by atoms with Gasteiger partial charge in [-0.1, -0.05) is 52.0 Å². The van der Waals surface area contributed by atoms with Crippen molar-refractivity contribution >= 4 is 11.8 Å². The molecule has 2 amide bonds. The highest BCUT2D eigenvalue weighted by atomic mass is 16.5. The Kier molecular flexibility index (Phi) is 9.76. The molecular weight excluding hydrogens is 416 g/mol. The summed E-state index contributed by atoms with van der Waals surface area (Å²) in [6.45, 7) is 12.4. The molecular formula is C27H38N2O4. The number of hydrogen-bond donors (Lipinski definition) is 2. The monoisotopic (exact) mass is 454 g/mol. The van der Waals surface area contributed by atoms with Gasteiger partial charge in [0.1, 0.15) is 11.5 Å². The number of benzene rings is 2. The summed E-state index contributed by atoms with van der Waals surface area (Å²) >= 11 is 0. The minimum Gasteiger partial charge on any atom is -0.493 e. The summed E-state index contributed by atoms with van der Waals surface area (Å²) in [4.78, 5) is 24.6. The maximum absolute atomic E-state index is 12.5. The van der Waals surface area contributed by atoms with E-state index < -0.39 is 11.3 Å². The summed E-state index contributed by atoms with van der Waals surface area (Å²) in [6.07, 6.45) is 2.41. The minimum atomic E-state index is -0.648. The molecule has 0 fully saturated rings. The number of aryl methyl sites for hydroxylation is 2. The Balaban J connectivity index is 1.70. The van der Waals surface area contributed by atoms with Gasteiger partial charge in [-0.3, -0.25) is 20.4 Å². The number of carbonyl (C=O) groups excluding carboxylic acids is 2. The second-order valence-corrected chi connectivity index (χ2v) is 9.27. The van der Waals surface area contributed by atoms with Gasteiger partial charge in [-0.2, -0.15) is 0 Å². The second-order valence-electron chi connectivity index (χ2n) is 9.27. The Morgan fingerprint density at radius 2 is 1.70 bits per heavy atom. The molecule has 2 aromatic carbocycles. The van der Waals surface area contributed by atoms with Gasteiger partial charge >= 0.3 is 0 Å². The van der Waals surface area contributed by atoms with E-state index >= 15 is 0 Å². The molecule has 6 heteroatoms. The number of hydrazine groups is 1. The first-order valence-corrected chi connectivity index (χ1v) is 11.6. The van der Waals surface area contributed by atoms with Crippen LogP contribution in [-0.4, -0.2) is 25.0 Å². The average molecular weight is 455 g/mol. The number of carbonyl (C=O) groups is 2. The van der Waals surface area contributed by atoms with Crippen molar-refractivity contribution in [1.29, 1.82) is 0 Å². The number of amides is 2. The van der Waals surface area contributed by atoms with Gasteiger partial charge in [-0.05, 0) is 73.9 Å². The van der Waals surface area contributed by atoms with Crippen LogP contribution in [0.15, 0.2) is 42.5 Å². The lowest BCUT2D eigenvalue weighted by Crippen LogP contribution is -2.48. The molecule has 0 heterocycles. The van der Waals surface area contributed by atoms with Gasteiger partial charge in [0, 0.05) is 5.41 Å². The predicted octanol–water partition coefficient (Wildman–Crippen LogP) is 5.23. The first-order chi connectivity index (χ1) is 15.6. The number of rotatable bonds is 11. The molecule has 0 aliphatic carbocycles. The first kappa shape index (κ1) is 26.2. The molecule has 2 rings (SSSR count). The summed E-state index contributed by atoms with van der Waals surface area (Å²) in [5, 5.41) is 0. The molecule has 0 aliphatic heterocycles. The summed E-state index contributed by atoms with van der Waals surface area (Å²) < 4.78 is 11.4. The molecule has 0 saturated carbocycles. The van der Waals surface area contributed by atoms with Crippen LogP contribution in [0.5, 0.6) is 11.5 Å². The molecule has 180 valence electrons. The van der Waals surface area contributed by atoms with Crippen LogP contribution < -0.4 is 20.3 Å². The Morgan fingerprint density at radius 1 is 1.00 bits per heavy atom. The van der Waals surface area contributed by atoms with Gasteiger partial charge in [0.25, 0.3) is 5.91 Å². The minimum absolute atomic E-state index is 0.174. The van der Waals surface area contributed by atoms with E-state index in [4.69, 9.17) is 9.47 Å². The fourth-order valence-electron chi connectivity index (χ4n) is 3.28. The van der Waals surface area contributed by atoms with Crippen LogP contribution in [-0.2, 0) is 9.59 Å². The van der Waals surface area contributed by atoms with E-state index in [9.17, 15) is 9.59 Å². The van der Waals surface area contributed by atoms with Crippen molar-refractivity contribution < 1.29 is 19.1 Å². The molecule has 0 bridgehead atoms. The quantitative estimate of drug-likeness (QED) is 0.360. The van der Waals surface area contributed by atoms with E-state index in [0.29, 0.717) is 24.7 Å². The third-order valence-electron chi connectivity index (χ3n) is 5.91. The van der Waals surface area contributed by atoms with Gasteiger partial charge in [0.15, 0.2) is 6.61 Å². The topological polar surface area (TPSA) is 76.7 Å². The van der Waals surface area contributed by atoms with Crippen LogP contribution in [0.1, 0.15) is 69.6 Å². The lowest BCUT2D eigenvalue weighted by Gasteiger charge is -2.23. The van der Waals surface area contributed by atoms with Crippen LogP contribution in [0.2, 0.25) is 0 Å². The van der Waals surface area contributed by atoms with E-state index in [0.717, 1.165) is 29.7 Å². The SMILES string of the molecule is CCC(C)c1ccc(OCC(=O)NNC(=O)C(C)(C)CCCOc2cc(C)ccc2C)cc1. The largest absolute Gasteiger partial charge is 0.493 e. The third-order valence-corrected chi connectivity index (χ3v) is 5.91. The van der Waals surface area contributed by atoms with E-state index in [-0.39, 0.29) is 12.5 Å². The van der Waals surface area contributed by atoms with E-state index in [1.807, 2.05) is 64.1 Å². The van der Waals surface area contributed by atoms with Gasteiger partial charge in [-0.25, -0.2) is 0 Å². The predicted molar refractivity (Wildman–Crippen MR) is 131 cm³/mol. The molecule has 0 saturated heterocycles. The highest BCUT2D eigenvalue weighted by Gasteiger charge is 2.27. The lowest BCUT2D eigenvalue weighted by atomic mass is 9.87. The molecule has 1 atom stereocenters. The fourth-order valence-corrected chi connectivity index (χ4v) is 3.28. The van der Waals surface area contributed by atoms with E-state index in [1.54, 1.807) is 0 Å². The van der Waals surface area contributed by atoms with Gasteiger partial charge in [0.2, 0.25) is 5.91 Å². The number of hydrogen-bond acceptors (Lipinski definition) is 4. The smallest absolute Gasteiger partial charge is 0.276 e. The normalized spacial score (nSPS) is 12.1. The highest BCUT2D eigenvalue weighted by molar-refractivity contribution is 5.85. The third kappa shape index (κ3) is 8.44. The van der Waals surface area contributed by atoms with Gasteiger partial charge < -0.3 is 9.47 Å². The van der Waals surface area contributed by atoms with Crippen LogP contribution in [0, 0.1) is 19.3 Å². The van der Waals surface area contributed by atoms with Crippen molar-refractivity contribution in [3.63, 3.8) is 0 Å². The molecule has 1 unspecified atom stereocenters. The molecule has 6 nitrogen and oxygen atoms in total. The highest BCUT2D eigenvalue weighted by Crippen LogP contribution is 2.24. The second kappa shape index (κ2) is 12.3. The Bertz CT molecular complexity index is 922.